The first kappa shape index (κ1) is 18.9. The normalized spacial score (nSPS) is 21.7. The molecular formula is C15H27ClN4O2. The fourth-order valence-electron chi connectivity index (χ4n) is 2.89. The number of rotatable bonds is 5. The van der Waals surface area contributed by atoms with E-state index in [1.165, 1.54) is 5.56 Å². The van der Waals surface area contributed by atoms with Gasteiger partial charge in [-0.25, -0.2) is 0 Å². The third-order valence-electron chi connectivity index (χ3n) is 4.24. The number of esters is 1. The summed E-state index contributed by atoms with van der Waals surface area (Å²) in [5, 5.41) is 4.47. The predicted octanol–water partition coefficient (Wildman–Crippen LogP) is 1.26. The van der Waals surface area contributed by atoms with Crippen LogP contribution in [-0.2, 0) is 22.6 Å². The Labute approximate surface area is 138 Å². The Balaban J connectivity index is 0.00000242. The molecule has 7 heteroatoms. The van der Waals surface area contributed by atoms with E-state index in [2.05, 4.69) is 16.9 Å². The van der Waals surface area contributed by atoms with Gasteiger partial charge in [0.15, 0.2) is 0 Å². The van der Waals surface area contributed by atoms with Crippen LogP contribution in [0.25, 0.3) is 0 Å². The molecule has 126 valence electrons. The SMILES string of the molecule is CCOC(=O)Cn1nc(C)c(CN2CC(C)C(N)C2)c1C.Cl. The highest BCUT2D eigenvalue weighted by molar-refractivity contribution is 5.85. The molecule has 2 N–H and O–H groups in total. The molecule has 0 saturated carbocycles. The van der Waals surface area contributed by atoms with Gasteiger partial charge in [-0.3, -0.25) is 14.4 Å². The van der Waals surface area contributed by atoms with Gasteiger partial charge in [0.25, 0.3) is 0 Å². The molecule has 1 aromatic rings. The second kappa shape index (κ2) is 7.94. The van der Waals surface area contributed by atoms with Crippen molar-refractivity contribution < 1.29 is 9.53 Å². The minimum atomic E-state index is -0.244. The van der Waals surface area contributed by atoms with E-state index >= 15 is 0 Å². The van der Waals surface area contributed by atoms with Crippen LogP contribution in [0.4, 0.5) is 0 Å². The van der Waals surface area contributed by atoms with Crippen molar-refractivity contribution in [2.24, 2.45) is 11.7 Å². The smallest absolute Gasteiger partial charge is 0.327 e. The van der Waals surface area contributed by atoms with E-state index in [0.29, 0.717) is 12.5 Å². The van der Waals surface area contributed by atoms with Crippen LogP contribution in [0.5, 0.6) is 0 Å². The van der Waals surface area contributed by atoms with Crippen molar-refractivity contribution in [2.75, 3.05) is 19.7 Å². The van der Waals surface area contributed by atoms with Gasteiger partial charge in [-0.2, -0.15) is 5.10 Å². The minimum Gasteiger partial charge on any atom is -0.465 e. The molecule has 2 rings (SSSR count). The molecule has 0 bridgehead atoms. The Morgan fingerprint density at radius 3 is 2.64 bits per heavy atom. The quantitative estimate of drug-likeness (QED) is 0.823. The zero-order valence-corrected chi connectivity index (χ0v) is 14.7. The summed E-state index contributed by atoms with van der Waals surface area (Å²) < 4.78 is 6.72. The number of likely N-dealkylation sites (tertiary alicyclic amines) is 1. The van der Waals surface area contributed by atoms with Crippen molar-refractivity contribution in [3.63, 3.8) is 0 Å². The maximum absolute atomic E-state index is 11.6. The molecule has 2 atom stereocenters. The molecule has 2 unspecified atom stereocenters. The summed E-state index contributed by atoms with van der Waals surface area (Å²) in [6, 6.07) is 0.250. The molecule has 0 aliphatic carbocycles. The topological polar surface area (TPSA) is 73.4 Å². The van der Waals surface area contributed by atoms with Crippen LogP contribution in [0.3, 0.4) is 0 Å². The van der Waals surface area contributed by atoms with Crippen LogP contribution in [0.1, 0.15) is 30.8 Å². The third kappa shape index (κ3) is 4.21. The average molecular weight is 331 g/mol. The largest absolute Gasteiger partial charge is 0.465 e. The third-order valence-corrected chi connectivity index (χ3v) is 4.24. The fourth-order valence-corrected chi connectivity index (χ4v) is 2.89. The van der Waals surface area contributed by atoms with Crippen LogP contribution in [0.15, 0.2) is 0 Å². The van der Waals surface area contributed by atoms with Gasteiger partial charge in [0.2, 0.25) is 0 Å². The molecule has 1 fully saturated rings. The highest BCUT2D eigenvalue weighted by atomic mass is 35.5. The van der Waals surface area contributed by atoms with Crippen molar-refractivity contribution in [1.29, 1.82) is 0 Å². The Hall–Kier alpha value is -1.11. The van der Waals surface area contributed by atoms with Crippen LogP contribution in [0, 0.1) is 19.8 Å². The highest BCUT2D eigenvalue weighted by Crippen LogP contribution is 2.21. The Morgan fingerprint density at radius 1 is 1.41 bits per heavy atom. The van der Waals surface area contributed by atoms with E-state index in [1.807, 2.05) is 20.8 Å². The summed E-state index contributed by atoms with van der Waals surface area (Å²) in [7, 11) is 0. The predicted molar refractivity (Wildman–Crippen MR) is 88.0 cm³/mol. The summed E-state index contributed by atoms with van der Waals surface area (Å²) in [6.07, 6.45) is 0. The highest BCUT2D eigenvalue weighted by Gasteiger charge is 2.27. The van der Waals surface area contributed by atoms with Crippen LogP contribution >= 0.6 is 12.4 Å². The van der Waals surface area contributed by atoms with E-state index in [9.17, 15) is 4.79 Å². The Kier molecular flexibility index (Phi) is 6.84. The standard InChI is InChI=1S/C15H26N4O2.ClH/c1-5-21-15(20)9-19-12(4)13(11(3)17-19)7-18-6-10(2)14(16)8-18;/h10,14H,5-9,16H2,1-4H3;1H. The number of ether oxygens (including phenoxy) is 1. The van der Waals surface area contributed by atoms with Gasteiger partial charge in [0.05, 0.1) is 12.3 Å². The number of hydrogen-bond donors (Lipinski definition) is 1. The second-order valence-corrected chi connectivity index (χ2v) is 5.95. The van der Waals surface area contributed by atoms with Gasteiger partial charge in [-0.1, -0.05) is 6.92 Å². The molecule has 1 aromatic heterocycles. The molecule has 0 radical (unpaired) electrons. The lowest BCUT2D eigenvalue weighted by Gasteiger charge is -2.15. The van der Waals surface area contributed by atoms with Crippen LogP contribution < -0.4 is 5.73 Å². The molecule has 0 aromatic carbocycles. The number of carbonyl (C=O) groups excluding carboxylic acids is 1. The van der Waals surface area contributed by atoms with Gasteiger partial charge in [0, 0.05) is 36.9 Å². The van der Waals surface area contributed by atoms with Crippen molar-refractivity contribution in [3.05, 3.63) is 17.0 Å². The molecule has 6 nitrogen and oxygen atoms in total. The van der Waals surface area contributed by atoms with Gasteiger partial charge in [0.1, 0.15) is 6.54 Å². The average Bonchev–Trinajstić information content (AvgIpc) is 2.85. The van der Waals surface area contributed by atoms with Gasteiger partial charge in [-0.15, -0.1) is 12.4 Å². The number of hydrogen-bond acceptors (Lipinski definition) is 5. The van der Waals surface area contributed by atoms with E-state index in [4.69, 9.17) is 10.5 Å². The molecule has 0 amide bonds. The zero-order valence-electron chi connectivity index (χ0n) is 13.8. The molecule has 1 aliphatic rings. The van der Waals surface area contributed by atoms with E-state index in [1.54, 1.807) is 4.68 Å². The first-order valence-corrected chi connectivity index (χ1v) is 7.58. The molecule has 1 aliphatic heterocycles. The first-order chi connectivity index (χ1) is 9.92. The second-order valence-electron chi connectivity index (χ2n) is 5.95. The lowest BCUT2D eigenvalue weighted by atomic mass is 10.1. The molecule has 0 spiro atoms. The zero-order chi connectivity index (χ0) is 15.6. The maximum Gasteiger partial charge on any atom is 0.327 e. The van der Waals surface area contributed by atoms with E-state index < -0.39 is 0 Å². The first-order valence-electron chi connectivity index (χ1n) is 7.58. The maximum atomic E-state index is 11.6. The monoisotopic (exact) mass is 330 g/mol. The lowest BCUT2D eigenvalue weighted by Crippen LogP contribution is -2.28. The summed E-state index contributed by atoms with van der Waals surface area (Å²) in [6.45, 7) is 11.4. The van der Waals surface area contributed by atoms with Crippen LogP contribution in [-0.4, -0.2) is 46.4 Å². The summed E-state index contributed by atoms with van der Waals surface area (Å²) >= 11 is 0. The molecule has 2 heterocycles. The Morgan fingerprint density at radius 2 is 2.09 bits per heavy atom. The van der Waals surface area contributed by atoms with Crippen molar-refractivity contribution in [2.45, 2.75) is 46.8 Å². The summed E-state index contributed by atoms with van der Waals surface area (Å²) in [5.74, 6) is 0.284. The molecule has 22 heavy (non-hydrogen) atoms. The number of nitrogens with two attached hydrogens (primary N) is 1. The van der Waals surface area contributed by atoms with E-state index in [0.717, 1.165) is 31.0 Å². The number of halogens is 1. The summed E-state index contributed by atoms with van der Waals surface area (Å²) in [5.41, 5.74) is 9.29. The Bertz CT molecular complexity index is 508. The van der Waals surface area contributed by atoms with E-state index in [-0.39, 0.29) is 31.0 Å². The summed E-state index contributed by atoms with van der Waals surface area (Å²) in [4.78, 5) is 14.0. The fraction of sp³-hybridized carbons (Fsp3) is 0.733. The molecular weight excluding hydrogens is 304 g/mol. The number of nitrogens with zero attached hydrogens (tertiary/aromatic N) is 3. The number of carbonyl (C=O) groups is 1. The van der Waals surface area contributed by atoms with Crippen molar-refractivity contribution >= 4 is 18.4 Å². The van der Waals surface area contributed by atoms with Crippen molar-refractivity contribution in [1.82, 2.24) is 14.7 Å². The van der Waals surface area contributed by atoms with Gasteiger partial charge < -0.3 is 10.5 Å². The van der Waals surface area contributed by atoms with Crippen LogP contribution in [0.2, 0.25) is 0 Å². The number of aromatic nitrogens is 2. The van der Waals surface area contributed by atoms with Gasteiger partial charge >= 0.3 is 5.97 Å². The van der Waals surface area contributed by atoms with Gasteiger partial charge in [-0.05, 0) is 26.7 Å². The molecule has 1 saturated heterocycles. The lowest BCUT2D eigenvalue weighted by molar-refractivity contribution is -0.144. The number of aryl methyl sites for hydroxylation is 1. The van der Waals surface area contributed by atoms with Crippen molar-refractivity contribution in [3.8, 4) is 0 Å². The minimum absolute atomic E-state index is 0.